The van der Waals surface area contributed by atoms with Gasteiger partial charge in [-0.3, -0.25) is 4.90 Å². The summed E-state index contributed by atoms with van der Waals surface area (Å²) in [4.78, 5) is 15.1. The molecule has 0 saturated carbocycles. The number of carbonyl (C=O) groups is 1. The minimum Gasteiger partial charge on any atom is -0.494 e. The highest BCUT2D eigenvalue weighted by Gasteiger charge is 2.41. The number of benzene rings is 3. The van der Waals surface area contributed by atoms with Crippen LogP contribution in [0.25, 0.3) is 16.7 Å². The standard InChI is InChI=1S/C29H26FNO3/c1-33-28-13-10-18(16-27(28)30)19-14-20-11-12-21(15-19)31(20)29(32)34-17-26-24-8-4-2-6-22(24)23-7-3-5-9-25(23)26/h2-10,13-14,16,20-21,26H,11-12,15,17H2,1H3. The summed E-state index contributed by atoms with van der Waals surface area (Å²) in [6, 6.07) is 21.8. The summed E-state index contributed by atoms with van der Waals surface area (Å²) in [5, 5.41) is 0. The van der Waals surface area contributed by atoms with E-state index in [9.17, 15) is 9.18 Å². The van der Waals surface area contributed by atoms with Gasteiger partial charge in [-0.05, 0) is 64.8 Å². The second-order valence-corrected chi connectivity index (χ2v) is 9.26. The van der Waals surface area contributed by atoms with Gasteiger partial charge < -0.3 is 9.47 Å². The number of ether oxygens (including phenoxy) is 2. The van der Waals surface area contributed by atoms with Gasteiger partial charge in [0.05, 0.1) is 13.2 Å². The molecule has 1 amide bonds. The van der Waals surface area contributed by atoms with Crippen LogP contribution in [0.2, 0.25) is 0 Å². The first kappa shape index (κ1) is 21.0. The molecule has 2 bridgehead atoms. The Hall–Kier alpha value is -3.60. The van der Waals surface area contributed by atoms with E-state index in [0.29, 0.717) is 13.0 Å². The van der Waals surface area contributed by atoms with E-state index in [1.54, 1.807) is 6.07 Å². The molecule has 2 aliphatic heterocycles. The quantitative estimate of drug-likeness (QED) is 0.457. The number of hydrogen-bond donors (Lipinski definition) is 0. The topological polar surface area (TPSA) is 38.8 Å². The predicted octanol–water partition coefficient (Wildman–Crippen LogP) is 6.40. The van der Waals surface area contributed by atoms with Crippen LogP contribution in [0, 0.1) is 5.82 Å². The van der Waals surface area contributed by atoms with Gasteiger partial charge >= 0.3 is 6.09 Å². The molecule has 0 aromatic heterocycles. The third kappa shape index (κ3) is 3.38. The number of halogens is 1. The van der Waals surface area contributed by atoms with Crippen molar-refractivity contribution in [3.63, 3.8) is 0 Å². The molecule has 1 aliphatic carbocycles. The number of nitrogens with zero attached hydrogens (tertiary/aromatic N) is 1. The largest absolute Gasteiger partial charge is 0.494 e. The molecule has 3 aliphatic rings. The first-order valence-electron chi connectivity index (χ1n) is 11.8. The molecule has 1 saturated heterocycles. The number of carbonyl (C=O) groups excluding carboxylic acids is 1. The fraction of sp³-hybridized carbons (Fsp3) is 0.276. The Morgan fingerprint density at radius 2 is 1.71 bits per heavy atom. The molecule has 172 valence electrons. The fourth-order valence-corrected chi connectivity index (χ4v) is 5.86. The van der Waals surface area contributed by atoms with Crippen LogP contribution >= 0.6 is 0 Å². The molecule has 5 heteroatoms. The van der Waals surface area contributed by atoms with Crippen LogP contribution in [0.15, 0.2) is 72.8 Å². The molecule has 2 heterocycles. The van der Waals surface area contributed by atoms with Crippen molar-refractivity contribution in [2.24, 2.45) is 0 Å². The van der Waals surface area contributed by atoms with Crippen LogP contribution in [0.1, 0.15) is 41.9 Å². The second-order valence-electron chi connectivity index (χ2n) is 9.26. The molecule has 6 rings (SSSR count). The van der Waals surface area contributed by atoms with E-state index >= 15 is 0 Å². The molecule has 3 aromatic rings. The van der Waals surface area contributed by atoms with Gasteiger partial charge in [-0.1, -0.05) is 60.7 Å². The molecule has 2 unspecified atom stereocenters. The van der Waals surface area contributed by atoms with Gasteiger partial charge in [0.2, 0.25) is 0 Å². The third-order valence-corrected chi connectivity index (χ3v) is 7.46. The van der Waals surface area contributed by atoms with Crippen molar-refractivity contribution in [3.8, 4) is 16.9 Å². The van der Waals surface area contributed by atoms with E-state index < -0.39 is 0 Å². The Bertz CT molecular complexity index is 1250. The van der Waals surface area contributed by atoms with Crippen molar-refractivity contribution < 1.29 is 18.7 Å². The van der Waals surface area contributed by atoms with E-state index in [4.69, 9.17) is 9.47 Å². The van der Waals surface area contributed by atoms with E-state index in [-0.39, 0.29) is 35.7 Å². The predicted molar refractivity (Wildman–Crippen MR) is 129 cm³/mol. The van der Waals surface area contributed by atoms with Crippen LogP contribution in [-0.2, 0) is 4.74 Å². The lowest BCUT2D eigenvalue weighted by Crippen LogP contribution is -2.43. The molecule has 2 atom stereocenters. The number of methoxy groups -OCH3 is 1. The third-order valence-electron chi connectivity index (χ3n) is 7.46. The summed E-state index contributed by atoms with van der Waals surface area (Å²) >= 11 is 0. The minimum atomic E-state index is -0.368. The van der Waals surface area contributed by atoms with Gasteiger partial charge in [0, 0.05) is 12.0 Å². The first-order valence-corrected chi connectivity index (χ1v) is 11.8. The van der Waals surface area contributed by atoms with Gasteiger partial charge in [-0.25, -0.2) is 9.18 Å². The van der Waals surface area contributed by atoms with E-state index in [1.165, 1.54) is 35.4 Å². The molecule has 4 nitrogen and oxygen atoms in total. The van der Waals surface area contributed by atoms with Crippen LogP contribution in [0.5, 0.6) is 5.75 Å². The zero-order valence-electron chi connectivity index (χ0n) is 19.0. The lowest BCUT2D eigenvalue weighted by atomic mass is 9.95. The number of rotatable bonds is 4. The Labute approximate surface area is 198 Å². The van der Waals surface area contributed by atoms with E-state index in [2.05, 4.69) is 30.3 Å². The smallest absolute Gasteiger partial charge is 0.410 e. The monoisotopic (exact) mass is 455 g/mol. The Kier molecular flexibility index (Phi) is 5.13. The highest BCUT2D eigenvalue weighted by molar-refractivity contribution is 5.79. The van der Waals surface area contributed by atoms with Gasteiger partial charge in [0.1, 0.15) is 6.61 Å². The van der Waals surface area contributed by atoms with Gasteiger partial charge in [0.25, 0.3) is 0 Å². The van der Waals surface area contributed by atoms with Crippen molar-refractivity contribution in [1.82, 2.24) is 4.90 Å². The summed E-state index contributed by atoms with van der Waals surface area (Å²) in [7, 11) is 1.46. The maximum absolute atomic E-state index is 14.2. The zero-order chi connectivity index (χ0) is 23.2. The van der Waals surface area contributed by atoms with Gasteiger partial charge in [-0.15, -0.1) is 0 Å². The van der Waals surface area contributed by atoms with Crippen molar-refractivity contribution in [1.29, 1.82) is 0 Å². The van der Waals surface area contributed by atoms with Gasteiger partial charge in [-0.2, -0.15) is 0 Å². The summed E-state index contributed by atoms with van der Waals surface area (Å²) in [6.07, 6.45) is 4.37. The Morgan fingerprint density at radius 3 is 2.35 bits per heavy atom. The molecule has 0 N–H and O–H groups in total. The molecule has 0 spiro atoms. The van der Waals surface area contributed by atoms with E-state index in [1.807, 2.05) is 35.2 Å². The lowest BCUT2D eigenvalue weighted by molar-refractivity contribution is 0.0866. The average molecular weight is 456 g/mol. The molecule has 1 fully saturated rings. The molecule has 3 aromatic carbocycles. The highest BCUT2D eigenvalue weighted by Crippen LogP contribution is 2.45. The van der Waals surface area contributed by atoms with Crippen molar-refractivity contribution in [2.75, 3.05) is 13.7 Å². The van der Waals surface area contributed by atoms with Crippen molar-refractivity contribution in [3.05, 3.63) is 95.3 Å². The Balaban J connectivity index is 1.19. The summed E-state index contributed by atoms with van der Waals surface area (Å²) in [5.74, 6) is -0.0808. The number of hydrogen-bond acceptors (Lipinski definition) is 3. The maximum Gasteiger partial charge on any atom is 0.410 e. The Morgan fingerprint density at radius 1 is 1.00 bits per heavy atom. The summed E-state index contributed by atoms with van der Waals surface area (Å²) < 4.78 is 25.2. The number of amides is 1. The second kappa shape index (κ2) is 8.32. The first-order chi connectivity index (χ1) is 16.6. The summed E-state index contributed by atoms with van der Waals surface area (Å²) in [6.45, 7) is 0.322. The van der Waals surface area contributed by atoms with Crippen molar-refractivity contribution in [2.45, 2.75) is 37.3 Å². The van der Waals surface area contributed by atoms with E-state index in [0.717, 1.165) is 24.0 Å². The van der Waals surface area contributed by atoms with Crippen LogP contribution in [-0.4, -0.2) is 36.8 Å². The number of fused-ring (bicyclic) bond motifs is 5. The zero-order valence-corrected chi connectivity index (χ0v) is 19.0. The fourth-order valence-electron chi connectivity index (χ4n) is 5.86. The van der Waals surface area contributed by atoms with Crippen LogP contribution in [0.3, 0.4) is 0 Å². The maximum atomic E-state index is 14.2. The normalized spacial score (nSPS) is 20.5. The van der Waals surface area contributed by atoms with Crippen LogP contribution in [0.4, 0.5) is 9.18 Å². The average Bonchev–Trinajstić information content (AvgIpc) is 3.33. The molecular formula is C29H26FNO3. The minimum absolute atomic E-state index is 0.0189. The summed E-state index contributed by atoms with van der Waals surface area (Å²) in [5.41, 5.74) is 6.79. The molecular weight excluding hydrogens is 429 g/mol. The SMILES string of the molecule is COc1ccc(C2=CC3CCC(C2)N3C(=O)OCC2c3ccccc3-c3ccccc32)cc1F. The van der Waals surface area contributed by atoms with Gasteiger partial charge in [0.15, 0.2) is 11.6 Å². The van der Waals surface area contributed by atoms with Crippen molar-refractivity contribution >= 4 is 11.7 Å². The highest BCUT2D eigenvalue weighted by atomic mass is 19.1. The lowest BCUT2D eigenvalue weighted by Gasteiger charge is -2.33. The van der Waals surface area contributed by atoms with Crippen LogP contribution < -0.4 is 4.74 Å². The molecule has 34 heavy (non-hydrogen) atoms. The molecule has 0 radical (unpaired) electrons.